The van der Waals surface area contributed by atoms with Gasteiger partial charge in [-0.1, -0.05) is 18.5 Å². The topological polar surface area (TPSA) is 86.3 Å². The summed E-state index contributed by atoms with van der Waals surface area (Å²) < 4.78 is 7.45. The number of halogens is 1. The van der Waals surface area contributed by atoms with Crippen LogP contribution in [0.4, 0.5) is 0 Å². The number of methoxy groups -OCH3 is 1. The molecule has 1 atom stereocenters. The Bertz CT molecular complexity index is 736. The van der Waals surface area contributed by atoms with Gasteiger partial charge in [-0.3, -0.25) is 4.57 Å². The van der Waals surface area contributed by atoms with Crippen LogP contribution in [0, 0.1) is 0 Å². The van der Waals surface area contributed by atoms with Crippen molar-refractivity contribution in [2.75, 3.05) is 13.7 Å². The van der Waals surface area contributed by atoms with Gasteiger partial charge < -0.3 is 9.84 Å². The van der Waals surface area contributed by atoms with Crippen molar-refractivity contribution in [3.63, 3.8) is 0 Å². The molecule has 0 spiro atoms. The van der Waals surface area contributed by atoms with Gasteiger partial charge in [0.15, 0.2) is 11.9 Å². The zero-order valence-electron chi connectivity index (χ0n) is 12.9. The Hall–Kier alpha value is -2.12. The number of aromatic nitrogens is 3. The van der Waals surface area contributed by atoms with E-state index in [-0.39, 0.29) is 13.0 Å². The number of rotatable bonds is 7. The minimum absolute atomic E-state index is 0.261. The Kier molecular flexibility index (Phi) is 5.57. The van der Waals surface area contributed by atoms with Crippen molar-refractivity contribution in [3.8, 4) is 11.4 Å². The summed E-state index contributed by atoms with van der Waals surface area (Å²) in [5.74, 6) is -0.697. The first-order valence-electron chi connectivity index (χ1n) is 7.16. The zero-order chi connectivity index (χ0) is 17.0. The molecule has 23 heavy (non-hydrogen) atoms. The number of ether oxygens (including phenoxy) is 1. The summed E-state index contributed by atoms with van der Waals surface area (Å²) in [5.41, 5.74) is 0.211. The zero-order valence-corrected chi connectivity index (χ0v) is 13.7. The van der Waals surface area contributed by atoms with Crippen LogP contribution >= 0.6 is 11.6 Å². The van der Waals surface area contributed by atoms with E-state index in [1.54, 1.807) is 31.2 Å². The van der Waals surface area contributed by atoms with Gasteiger partial charge in [-0.2, -0.15) is 4.68 Å². The van der Waals surface area contributed by atoms with Gasteiger partial charge in [-0.25, -0.2) is 9.59 Å². The van der Waals surface area contributed by atoms with Crippen molar-refractivity contribution in [1.29, 1.82) is 0 Å². The highest BCUT2D eigenvalue weighted by Gasteiger charge is 2.24. The summed E-state index contributed by atoms with van der Waals surface area (Å²) in [4.78, 5) is 23.9. The Morgan fingerprint density at radius 3 is 2.57 bits per heavy atom. The molecule has 0 aliphatic heterocycles. The first kappa shape index (κ1) is 17.2. The maximum absolute atomic E-state index is 12.6. The molecule has 0 aliphatic rings. The lowest BCUT2D eigenvalue weighted by molar-refractivity contribution is -0.141. The lowest BCUT2D eigenvalue weighted by Gasteiger charge is -2.07. The molecule has 1 N–H and O–H groups in total. The smallest absolute Gasteiger partial charge is 0.347 e. The number of carboxylic acids is 1. The maximum atomic E-state index is 12.6. The van der Waals surface area contributed by atoms with Gasteiger partial charge in [0.05, 0.1) is 13.2 Å². The quantitative estimate of drug-likeness (QED) is 0.834. The fourth-order valence-corrected chi connectivity index (χ4v) is 2.39. The number of aliphatic carboxylic acids is 1. The number of nitrogens with zero attached hydrogens (tertiary/aromatic N) is 3. The van der Waals surface area contributed by atoms with E-state index in [0.717, 1.165) is 4.68 Å². The highest BCUT2D eigenvalue weighted by atomic mass is 35.5. The van der Waals surface area contributed by atoms with Crippen molar-refractivity contribution in [2.24, 2.45) is 0 Å². The van der Waals surface area contributed by atoms with E-state index >= 15 is 0 Å². The number of benzene rings is 1. The summed E-state index contributed by atoms with van der Waals surface area (Å²) in [5, 5.41) is 14.1. The SMILES string of the molecule is CCC(C(=O)O)n1nc(-c2ccc(Cl)cc2)n(CCOC)c1=O. The largest absolute Gasteiger partial charge is 0.480 e. The van der Waals surface area contributed by atoms with Gasteiger partial charge in [0, 0.05) is 17.7 Å². The lowest BCUT2D eigenvalue weighted by atomic mass is 10.2. The van der Waals surface area contributed by atoms with E-state index in [9.17, 15) is 14.7 Å². The van der Waals surface area contributed by atoms with Gasteiger partial charge in [-0.05, 0) is 30.7 Å². The molecule has 8 heteroatoms. The number of hydrogen-bond donors (Lipinski definition) is 1. The number of hydrogen-bond acceptors (Lipinski definition) is 4. The van der Waals surface area contributed by atoms with Gasteiger partial charge in [0.25, 0.3) is 0 Å². The molecule has 0 saturated carbocycles. The third kappa shape index (κ3) is 3.62. The fraction of sp³-hybridized carbons (Fsp3) is 0.400. The van der Waals surface area contributed by atoms with Crippen molar-refractivity contribution in [3.05, 3.63) is 39.8 Å². The molecule has 0 radical (unpaired) electrons. The molecular weight excluding hydrogens is 322 g/mol. The molecular formula is C15H18ClN3O4. The van der Waals surface area contributed by atoms with Gasteiger partial charge in [0.1, 0.15) is 0 Å². The molecule has 0 aliphatic carbocycles. The van der Waals surface area contributed by atoms with Crippen molar-refractivity contribution in [2.45, 2.75) is 25.9 Å². The highest BCUT2D eigenvalue weighted by molar-refractivity contribution is 6.30. The second-order valence-corrected chi connectivity index (χ2v) is 5.40. The van der Waals surface area contributed by atoms with Crippen LogP contribution in [0.25, 0.3) is 11.4 Å². The van der Waals surface area contributed by atoms with E-state index in [1.165, 1.54) is 11.7 Å². The fourth-order valence-electron chi connectivity index (χ4n) is 2.26. The Morgan fingerprint density at radius 1 is 1.39 bits per heavy atom. The second kappa shape index (κ2) is 7.43. The number of carboxylic acid groups (broad SMARTS) is 1. The first-order valence-corrected chi connectivity index (χ1v) is 7.54. The van der Waals surface area contributed by atoms with E-state index in [1.807, 2.05) is 0 Å². The van der Waals surface area contributed by atoms with Crippen LogP contribution in [0.2, 0.25) is 5.02 Å². The average Bonchev–Trinajstić information content (AvgIpc) is 2.83. The summed E-state index contributed by atoms with van der Waals surface area (Å²) in [6.45, 7) is 2.29. The van der Waals surface area contributed by atoms with Crippen molar-refractivity contribution in [1.82, 2.24) is 14.3 Å². The van der Waals surface area contributed by atoms with Crippen molar-refractivity contribution >= 4 is 17.6 Å². The second-order valence-electron chi connectivity index (χ2n) is 4.96. The van der Waals surface area contributed by atoms with Crippen LogP contribution in [0.15, 0.2) is 29.1 Å². The van der Waals surface area contributed by atoms with Crippen LogP contribution < -0.4 is 5.69 Å². The standard InChI is InChI=1S/C15H18ClN3O4/c1-3-12(14(20)21)19-15(22)18(8-9-23-2)13(17-19)10-4-6-11(16)7-5-10/h4-7,12H,3,8-9H2,1-2H3,(H,20,21). The van der Waals surface area contributed by atoms with E-state index in [2.05, 4.69) is 5.10 Å². The van der Waals surface area contributed by atoms with Crippen LogP contribution in [0.3, 0.4) is 0 Å². The summed E-state index contributed by atoms with van der Waals surface area (Å²) in [6.07, 6.45) is 0.261. The molecule has 0 amide bonds. The molecule has 7 nitrogen and oxygen atoms in total. The van der Waals surface area contributed by atoms with Gasteiger partial charge in [-0.15, -0.1) is 5.10 Å². The minimum atomic E-state index is -1.09. The predicted molar refractivity (Wildman–Crippen MR) is 85.8 cm³/mol. The predicted octanol–water partition coefficient (Wildman–Crippen LogP) is 2.05. The normalized spacial score (nSPS) is 12.3. The van der Waals surface area contributed by atoms with E-state index in [4.69, 9.17) is 16.3 Å². The third-order valence-corrected chi connectivity index (χ3v) is 3.73. The van der Waals surface area contributed by atoms with Crippen molar-refractivity contribution < 1.29 is 14.6 Å². The Labute approximate surface area is 138 Å². The Balaban J connectivity index is 2.57. The lowest BCUT2D eigenvalue weighted by Crippen LogP contribution is -2.32. The average molecular weight is 340 g/mol. The molecule has 124 valence electrons. The van der Waals surface area contributed by atoms with Crippen LogP contribution in [-0.2, 0) is 16.1 Å². The molecule has 2 rings (SSSR count). The first-order chi connectivity index (χ1) is 11.0. The van der Waals surface area contributed by atoms with E-state index < -0.39 is 17.7 Å². The van der Waals surface area contributed by atoms with Gasteiger partial charge in [0.2, 0.25) is 0 Å². The summed E-state index contributed by atoms with van der Waals surface area (Å²) in [7, 11) is 1.53. The molecule has 0 fully saturated rings. The van der Waals surface area contributed by atoms with E-state index in [0.29, 0.717) is 23.0 Å². The molecule has 0 bridgehead atoms. The molecule has 1 unspecified atom stereocenters. The molecule has 2 aromatic rings. The highest BCUT2D eigenvalue weighted by Crippen LogP contribution is 2.20. The summed E-state index contributed by atoms with van der Waals surface area (Å²) in [6, 6.07) is 5.85. The minimum Gasteiger partial charge on any atom is -0.480 e. The monoisotopic (exact) mass is 339 g/mol. The third-order valence-electron chi connectivity index (χ3n) is 3.47. The molecule has 0 saturated heterocycles. The van der Waals surface area contributed by atoms with Crippen LogP contribution in [0.5, 0.6) is 0 Å². The number of carbonyl (C=O) groups is 1. The van der Waals surface area contributed by atoms with Crippen LogP contribution in [-0.4, -0.2) is 39.1 Å². The molecule has 1 aromatic heterocycles. The van der Waals surface area contributed by atoms with Gasteiger partial charge >= 0.3 is 11.7 Å². The van der Waals surface area contributed by atoms with Crippen LogP contribution in [0.1, 0.15) is 19.4 Å². The maximum Gasteiger partial charge on any atom is 0.347 e. The Morgan fingerprint density at radius 2 is 2.04 bits per heavy atom. The molecule has 1 aromatic carbocycles. The molecule has 1 heterocycles. The summed E-state index contributed by atoms with van der Waals surface area (Å²) >= 11 is 5.88.